The van der Waals surface area contributed by atoms with E-state index in [-0.39, 0.29) is 0 Å². The van der Waals surface area contributed by atoms with Crippen LogP contribution >= 0.6 is 0 Å². The van der Waals surface area contributed by atoms with Crippen molar-refractivity contribution in [2.75, 3.05) is 27.2 Å². The van der Waals surface area contributed by atoms with E-state index < -0.39 is 0 Å². The fraction of sp³-hybridized carbons (Fsp3) is 0.667. The van der Waals surface area contributed by atoms with Crippen molar-refractivity contribution in [3.8, 4) is 0 Å². The lowest BCUT2D eigenvalue weighted by molar-refractivity contribution is 0.253. The highest BCUT2D eigenvalue weighted by atomic mass is 15.1. The third-order valence-corrected chi connectivity index (χ3v) is 4.69. The van der Waals surface area contributed by atoms with Gasteiger partial charge in [0.15, 0.2) is 0 Å². The van der Waals surface area contributed by atoms with E-state index in [1.165, 1.54) is 48.9 Å². The molecular formula is C18H30N2. The Morgan fingerprint density at radius 1 is 1.25 bits per heavy atom. The number of aryl methyl sites for hydroxylation is 2. The summed E-state index contributed by atoms with van der Waals surface area (Å²) >= 11 is 0. The van der Waals surface area contributed by atoms with Gasteiger partial charge in [0.25, 0.3) is 0 Å². The minimum Gasteiger partial charge on any atom is -0.312 e. The molecule has 1 unspecified atom stereocenters. The van der Waals surface area contributed by atoms with E-state index in [0.717, 1.165) is 12.5 Å². The number of nitrogens with one attached hydrogen (secondary N) is 1. The van der Waals surface area contributed by atoms with Crippen molar-refractivity contribution in [2.24, 2.45) is 5.92 Å². The molecule has 1 N–H and O–H groups in total. The van der Waals surface area contributed by atoms with Crippen molar-refractivity contribution in [3.63, 3.8) is 0 Å². The number of benzene rings is 1. The molecule has 1 aromatic rings. The molecule has 0 saturated heterocycles. The first kappa shape index (κ1) is 15.5. The molecule has 2 heteroatoms. The van der Waals surface area contributed by atoms with Gasteiger partial charge in [-0.05, 0) is 57.8 Å². The molecule has 1 fully saturated rings. The van der Waals surface area contributed by atoms with Gasteiger partial charge in [-0.3, -0.25) is 0 Å². The molecule has 1 saturated carbocycles. The molecule has 0 spiro atoms. The summed E-state index contributed by atoms with van der Waals surface area (Å²) < 4.78 is 0. The van der Waals surface area contributed by atoms with E-state index in [1.807, 2.05) is 0 Å². The summed E-state index contributed by atoms with van der Waals surface area (Å²) in [6.45, 7) is 6.74. The Hall–Kier alpha value is -0.860. The van der Waals surface area contributed by atoms with Crippen LogP contribution in [-0.4, -0.2) is 32.1 Å². The Kier molecular flexibility index (Phi) is 5.62. The lowest BCUT2D eigenvalue weighted by atomic mass is 9.98. The molecule has 1 aliphatic rings. The fourth-order valence-corrected chi connectivity index (χ4v) is 3.58. The molecular weight excluding hydrogens is 244 g/mol. The first-order valence-electron chi connectivity index (χ1n) is 8.03. The maximum atomic E-state index is 3.49. The van der Waals surface area contributed by atoms with Gasteiger partial charge in [-0.15, -0.1) is 0 Å². The second-order valence-electron chi connectivity index (χ2n) is 6.57. The summed E-state index contributed by atoms with van der Waals surface area (Å²) in [5.74, 6) is 0.927. The molecule has 2 rings (SSSR count). The van der Waals surface area contributed by atoms with Crippen molar-refractivity contribution in [2.45, 2.75) is 45.6 Å². The number of likely N-dealkylation sites (N-methyl/N-ethyl adjacent to an activating group) is 2. The second kappa shape index (κ2) is 7.24. The van der Waals surface area contributed by atoms with Crippen molar-refractivity contribution < 1.29 is 0 Å². The summed E-state index contributed by atoms with van der Waals surface area (Å²) in [5.41, 5.74) is 4.19. The maximum absolute atomic E-state index is 3.49. The van der Waals surface area contributed by atoms with Crippen LogP contribution in [0.15, 0.2) is 18.2 Å². The van der Waals surface area contributed by atoms with E-state index in [9.17, 15) is 0 Å². The molecule has 2 nitrogen and oxygen atoms in total. The Balaban J connectivity index is 1.96. The molecule has 20 heavy (non-hydrogen) atoms. The normalized spacial score (nSPS) is 17.9. The standard InChI is InChI=1S/C18H30N2/c1-14-9-10-17(15(2)11-14)18(19-3)13-20(4)12-16-7-5-6-8-16/h9-11,16,18-19H,5-8,12-13H2,1-4H3. The molecule has 0 bridgehead atoms. The maximum Gasteiger partial charge on any atom is 0.0449 e. The minimum atomic E-state index is 0.432. The molecule has 0 radical (unpaired) electrons. The van der Waals surface area contributed by atoms with Crippen LogP contribution in [0.4, 0.5) is 0 Å². The lowest BCUT2D eigenvalue weighted by Crippen LogP contribution is -2.34. The zero-order valence-electron chi connectivity index (χ0n) is 13.6. The summed E-state index contributed by atoms with van der Waals surface area (Å²) in [6.07, 6.45) is 5.73. The van der Waals surface area contributed by atoms with Gasteiger partial charge in [0.05, 0.1) is 0 Å². The van der Waals surface area contributed by atoms with Crippen LogP contribution in [-0.2, 0) is 0 Å². The molecule has 1 atom stereocenters. The van der Waals surface area contributed by atoms with Crippen molar-refractivity contribution in [1.82, 2.24) is 10.2 Å². The van der Waals surface area contributed by atoms with Gasteiger partial charge in [0, 0.05) is 19.1 Å². The summed E-state index contributed by atoms with van der Waals surface area (Å²) in [4.78, 5) is 2.51. The largest absolute Gasteiger partial charge is 0.312 e. The molecule has 0 heterocycles. The minimum absolute atomic E-state index is 0.432. The highest BCUT2D eigenvalue weighted by Gasteiger charge is 2.19. The van der Waals surface area contributed by atoms with Gasteiger partial charge in [-0.25, -0.2) is 0 Å². The first-order chi connectivity index (χ1) is 9.60. The highest BCUT2D eigenvalue weighted by Crippen LogP contribution is 2.26. The summed E-state index contributed by atoms with van der Waals surface area (Å²) in [5, 5.41) is 3.49. The molecule has 0 aromatic heterocycles. The zero-order valence-corrected chi connectivity index (χ0v) is 13.6. The van der Waals surface area contributed by atoms with Crippen LogP contribution in [0.5, 0.6) is 0 Å². The van der Waals surface area contributed by atoms with Gasteiger partial charge in [0.1, 0.15) is 0 Å². The lowest BCUT2D eigenvalue weighted by Gasteiger charge is -2.27. The highest BCUT2D eigenvalue weighted by molar-refractivity contribution is 5.33. The van der Waals surface area contributed by atoms with E-state index >= 15 is 0 Å². The van der Waals surface area contributed by atoms with E-state index in [0.29, 0.717) is 6.04 Å². The monoisotopic (exact) mass is 274 g/mol. The van der Waals surface area contributed by atoms with Crippen molar-refractivity contribution in [3.05, 3.63) is 34.9 Å². The van der Waals surface area contributed by atoms with Gasteiger partial charge in [0.2, 0.25) is 0 Å². The van der Waals surface area contributed by atoms with Gasteiger partial charge < -0.3 is 10.2 Å². The van der Waals surface area contributed by atoms with Crippen LogP contribution in [0.25, 0.3) is 0 Å². The molecule has 0 amide bonds. The topological polar surface area (TPSA) is 15.3 Å². The third-order valence-electron chi connectivity index (χ3n) is 4.69. The van der Waals surface area contributed by atoms with Crippen LogP contribution in [0.1, 0.15) is 48.4 Å². The first-order valence-corrected chi connectivity index (χ1v) is 8.03. The average Bonchev–Trinajstić information content (AvgIpc) is 2.89. The fourth-order valence-electron chi connectivity index (χ4n) is 3.58. The van der Waals surface area contributed by atoms with Crippen LogP contribution < -0.4 is 5.32 Å². The van der Waals surface area contributed by atoms with E-state index in [2.05, 4.69) is 56.4 Å². The average molecular weight is 274 g/mol. The zero-order chi connectivity index (χ0) is 14.5. The summed E-state index contributed by atoms with van der Waals surface area (Å²) in [7, 11) is 4.35. The predicted octanol–water partition coefficient (Wildman–Crippen LogP) is 3.69. The molecule has 0 aliphatic heterocycles. The van der Waals surface area contributed by atoms with Gasteiger partial charge in [-0.1, -0.05) is 36.6 Å². The Morgan fingerprint density at radius 3 is 2.55 bits per heavy atom. The Morgan fingerprint density at radius 2 is 1.95 bits per heavy atom. The number of hydrogen-bond donors (Lipinski definition) is 1. The summed E-state index contributed by atoms with van der Waals surface area (Å²) in [6, 6.07) is 7.23. The Labute approximate surface area is 124 Å². The number of nitrogens with zero attached hydrogens (tertiary/aromatic N) is 1. The molecule has 1 aromatic carbocycles. The second-order valence-corrected chi connectivity index (χ2v) is 6.57. The van der Waals surface area contributed by atoms with Gasteiger partial charge >= 0.3 is 0 Å². The quantitative estimate of drug-likeness (QED) is 0.851. The van der Waals surface area contributed by atoms with E-state index in [1.54, 1.807) is 0 Å². The molecule has 1 aliphatic carbocycles. The Bertz CT molecular complexity index is 421. The number of rotatable bonds is 6. The third kappa shape index (κ3) is 4.07. The van der Waals surface area contributed by atoms with Crippen LogP contribution in [0, 0.1) is 19.8 Å². The van der Waals surface area contributed by atoms with Crippen molar-refractivity contribution in [1.29, 1.82) is 0 Å². The molecule has 112 valence electrons. The predicted molar refractivity (Wildman–Crippen MR) is 87.2 cm³/mol. The number of hydrogen-bond acceptors (Lipinski definition) is 2. The van der Waals surface area contributed by atoms with Crippen LogP contribution in [0.2, 0.25) is 0 Å². The van der Waals surface area contributed by atoms with Crippen LogP contribution in [0.3, 0.4) is 0 Å². The smallest absolute Gasteiger partial charge is 0.0449 e. The van der Waals surface area contributed by atoms with E-state index in [4.69, 9.17) is 0 Å². The van der Waals surface area contributed by atoms with Crippen molar-refractivity contribution >= 4 is 0 Å². The van der Waals surface area contributed by atoms with Gasteiger partial charge in [-0.2, -0.15) is 0 Å². The SMILES string of the molecule is CNC(CN(C)CC1CCCC1)c1ccc(C)cc1C.